The number of hydrogen-bond donors (Lipinski definition) is 0. The predicted molar refractivity (Wildman–Crippen MR) is 90.0 cm³/mol. The van der Waals surface area contributed by atoms with Crippen LogP contribution < -0.4 is 4.90 Å². The molecule has 8 nitrogen and oxygen atoms in total. The number of aromatic nitrogens is 4. The number of nitrogens with zero attached hydrogens (tertiary/aromatic N) is 7. The van der Waals surface area contributed by atoms with Crippen LogP contribution in [0.25, 0.3) is 5.78 Å². The van der Waals surface area contributed by atoms with E-state index in [2.05, 4.69) is 24.9 Å². The third-order valence-corrected chi connectivity index (χ3v) is 5.08. The van der Waals surface area contributed by atoms with Crippen LogP contribution in [-0.2, 0) is 4.79 Å². The first-order valence-electron chi connectivity index (χ1n) is 8.55. The molecule has 4 rings (SSSR count). The van der Waals surface area contributed by atoms with E-state index in [1.807, 2.05) is 24.9 Å². The van der Waals surface area contributed by atoms with Gasteiger partial charge >= 0.3 is 0 Å². The molecule has 1 unspecified atom stereocenters. The molecule has 2 aromatic heterocycles. The summed E-state index contributed by atoms with van der Waals surface area (Å²) in [5.41, 5.74) is 0.927. The van der Waals surface area contributed by atoms with Crippen LogP contribution in [0.2, 0.25) is 0 Å². The van der Waals surface area contributed by atoms with E-state index in [-0.39, 0.29) is 11.9 Å². The molecule has 24 heavy (non-hydrogen) atoms. The molecule has 4 heterocycles. The van der Waals surface area contributed by atoms with Gasteiger partial charge in [-0.25, -0.2) is 4.98 Å². The number of fused-ring (bicyclic) bond motifs is 1. The SMILES string of the molecule is Cc1cc(N2CCN(C(=O)C3CCCN3C)CC2)n2ncnc2n1. The second-order valence-corrected chi connectivity index (χ2v) is 6.68. The molecule has 8 heteroatoms. The van der Waals surface area contributed by atoms with Gasteiger partial charge in [-0.1, -0.05) is 0 Å². The van der Waals surface area contributed by atoms with E-state index in [0.717, 1.165) is 57.1 Å². The molecule has 2 aliphatic heterocycles. The van der Waals surface area contributed by atoms with E-state index in [1.165, 1.54) is 6.33 Å². The second kappa shape index (κ2) is 6.01. The van der Waals surface area contributed by atoms with Crippen molar-refractivity contribution in [1.82, 2.24) is 29.4 Å². The van der Waals surface area contributed by atoms with Crippen molar-refractivity contribution in [2.45, 2.75) is 25.8 Å². The average Bonchev–Trinajstić information content (AvgIpc) is 3.22. The van der Waals surface area contributed by atoms with Gasteiger partial charge in [0.2, 0.25) is 5.91 Å². The summed E-state index contributed by atoms with van der Waals surface area (Å²) in [6.07, 6.45) is 3.63. The van der Waals surface area contributed by atoms with E-state index in [9.17, 15) is 4.79 Å². The van der Waals surface area contributed by atoms with Crippen LogP contribution in [0.3, 0.4) is 0 Å². The highest BCUT2D eigenvalue weighted by Gasteiger charge is 2.33. The van der Waals surface area contributed by atoms with Crippen LogP contribution in [-0.4, -0.2) is 81.1 Å². The van der Waals surface area contributed by atoms with E-state index >= 15 is 0 Å². The predicted octanol–water partition coefficient (Wildman–Crippen LogP) is 0.176. The van der Waals surface area contributed by atoms with Crippen molar-refractivity contribution < 1.29 is 4.79 Å². The normalized spacial score (nSPS) is 22.5. The second-order valence-electron chi connectivity index (χ2n) is 6.68. The molecule has 0 bridgehead atoms. The fourth-order valence-electron chi connectivity index (χ4n) is 3.73. The highest BCUT2D eigenvalue weighted by atomic mass is 16.2. The van der Waals surface area contributed by atoms with Crippen molar-refractivity contribution in [3.63, 3.8) is 0 Å². The van der Waals surface area contributed by atoms with Crippen molar-refractivity contribution in [3.05, 3.63) is 18.1 Å². The lowest BCUT2D eigenvalue weighted by molar-refractivity contribution is -0.135. The standard InChI is InChI=1S/C16H23N7O/c1-12-10-14(23-16(19-12)17-11-18-23)21-6-8-22(9-7-21)15(24)13-4-3-5-20(13)2/h10-11,13H,3-9H2,1-2H3. The summed E-state index contributed by atoms with van der Waals surface area (Å²) >= 11 is 0. The number of hydrogen-bond acceptors (Lipinski definition) is 6. The molecule has 1 amide bonds. The quantitative estimate of drug-likeness (QED) is 0.783. The number of piperazine rings is 1. The average molecular weight is 329 g/mol. The molecule has 0 aliphatic carbocycles. The zero-order valence-corrected chi connectivity index (χ0v) is 14.2. The Bertz CT molecular complexity index is 750. The number of carbonyl (C=O) groups excluding carboxylic acids is 1. The molecule has 2 saturated heterocycles. The Labute approximate surface area is 141 Å². The first kappa shape index (κ1) is 15.3. The summed E-state index contributed by atoms with van der Waals surface area (Å²) in [4.78, 5) is 27.7. The number of carbonyl (C=O) groups is 1. The number of anilines is 1. The van der Waals surface area contributed by atoms with Crippen LogP contribution in [0.1, 0.15) is 18.5 Å². The van der Waals surface area contributed by atoms with Crippen molar-refractivity contribution in [3.8, 4) is 0 Å². The minimum Gasteiger partial charge on any atom is -0.353 e. The van der Waals surface area contributed by atoms with Crippen LogP contribution in [0, 0.1) is 6.92 Å². The molecule has 2 aromatic rings. The lowest BCUT2D eigenvalue weighted by Crippen LogP contribution is -2.53. The van der Waals surface area contributed by atoms with Crippen molar-refractivity contribution in [1.29, 1.82) is 0 Å². The molecule has 2 aliphatic rings. The summed E-state index contributed by atoms with van der Waals surface area (Å²) in [6, 6.07) is 2.10. The Morgan fingerprint density at radius 1 is 1.21 bits per heavy atom. The highest BCUT2D eigenvalue weighted by molar-refractivity contribution is 5.82. The van der Waals surface area contributed by atoms with Gasteiger partial charge in [0.1, 0.15) is 12.1 Å². The maximum absolute atomic E-state index is 12.7. The van der Waals surface area contributed by atoms with Gasteiger partial charge in [0.05, 0.1) is 6.04 Å². The van der Waals surface area contributed by atoms with Crippen LogP contribution in [0.15, 0.2) is 12.4 Å². The summed E-state index contributed by atoms with van der Waals surface area (Å²) in [7, 11) is 2.05. The van der Waals surface area contributed by atoms with Gasteiger partial charge in [-0.2, -0.15) is 14.6 Å². The number of rotatable bonds is 2. The fraction of sp³-hybridized carbons (Fsp3) is 0.625. The smallest absolute Gasteiger partial charge is 0.254 e. The third kappa shape index (κ3) is 2.60. The summed E-state index contributed by atoms with van der Waals surface area (Å²) in [6.45, 7) is 6.10. The van der Waals surface area contributed by atoms with Crippen LogP contribution in [0.5, 0.6) is 0 Å². The Kier molecular flexibility index (Phi) is 3.84. The lowest BCUT2D eigenvalue weighted by atomic mass is 10.1. The van der Waals surface area contributed by atoms with Crippen molar-refractivity contribution in [2.24, 2.45) is 0 Å². The van der Waals surface area contributed by atoms with Crippen molar-refractivity contribution in [2.75, 3.05) is 44.7 Å². The molecule has 128 valence electrons. The Balaban J connectivity index is 1.47. The molecule has 0 saturated carbocycles. The zero-order chi connectivity index (χ0) is 16.7. The third-order valence-electron chi connectivity index (χ3n) is 5.08. The fourth-order valence-corrected chi connectivity index (χ4v) is 3.73. The molecule has 1 atom stereocenters. The first-order valence-corrected chi connectivity index (χ1v) is 8.55. The minimum atomic E-state index is 0.0711. The molecular weight excluding hydrogens is 306 g/mol. The van der Waals surface area contributed by atoms with E-state index in [1.54, 1.807) is 4.52 Å². The van der Waals surface area contributed by atoms with Gasteiger partial charge in [-0.15, -0.1) is 0 Å². The van der Waals surface area contributed by atoms with Gasteiger partial charge in [-0.05, 0) is 33.4 Å². The minimum absolute atomic E-state index is 0.0711. The maximum Gasteiger partial charge on any atom is 0.254 e. The lowest BCUT2D eigenvalue weighted by Gasteiger charge is -2.37. The van der Waals surface area contributed by atoms with E-state index < -0.39 is 0 Å². The number of likely N-dealkylation sites (N-methyl/N-ethyl adjacent to an activating group) is 1. The zero-order valence-electron chi connectivity index (χ0n) is 14.2. The van der Waals surface area contributed by atoms with Gasteiger partial charge in [0, 0.05) is 37.9 Å². The van der Waals surface area contributed by atoms with Gasteiger partial charge in [0.25, 0.3) is 5.78 Å². The van der Waals surface area contributed by atoms with Crippen LogP contribution in [0.4, 0.5) is 5.82 Å². The van der Waals surface area contributed by atoms with Crippen molar-refractivity contribution >= 4 is 17.5 Å². The Morgan fingerprint density at radius 2 is 2.00 bits per heavy atom. The Hall–Kier alpha value is -2.22. The van der Waals surface area contributed by atoms with Gasteiger partial charge < -0.3 is 9.80 Å². The first-order chi connectivity index (χ1) is 11.6. The summed E-state index contributed by atoms with van der Waals surface area (Å²) in [5, 5.41) is 4.28. The monoisotopic (exact) mass is 329 g/mol. The number of likely N-dealkylation sites (tertiary alicyclic amines) is 1. The Morgan fingerprint density at radius 3 is 2.71 bits per heavy atom. The molecule has 0 spiro atoms. The van der Waals surface area contributed by atoms with Crippen LogP contribution >= 0.6 is 0 Å². The topological polar surface area (TPSA) is 69.9 Å². The summed E-state index contributed by atoms with van der Waals surface area (Å²) in [5.74, 6) is 1.91. The molecule has 0 radical (unpaired) electrons. The molecular formula is C16H23N7O. The molecule has 0 N–H and O–H groups in total. The highest BCUT2D eigenvalue weighted by Crippen LogP contribution is 2.21. The van der Waals surface area contributed by atoms with E-state index in [0.29, 0.717) is 5.78 Å². The molecule has 2 fully saturated rings. The molecule has 0 aromatic carbocycles. The largest absolute Gasteiger partial charge is 0.353 e. The van der Waals surface area contributed by atoms with Gasteiger partial charge in [-0.3, -0.25) is 9.69 Å². The summed E-state index contributed by atoms with van der Waals surface area (Å²) < 4.78 is 1.77. The van der Waals surface area contributed by atoms with E-state index in [4.69, 9.17) is 0 Å². The van der Waals surface area contributed by atoms with Gasteiger partial charge in [0.15, 0.2) is 0 Å². The number of aryl methyl sites for hydroxylation is 1. The maximum atomic E-state index is 12.7. The number of amides is 1.